The smallest absolute Gasteiger partial charge is 0.406 e. The Morgan fingerprint density at radius 2 is 1.63 bits per heavy atom. The predicted molar refractivity (Wildman–Crippen MR) is 111 cm³/mol. The Hall–Kier alpha value is -3.00. The first-order chi connectivity index (χ1) is 14.4. The van der Waals surface area contributed by atoms with Gasteiger partial charge in [0.05, 0.1) is 5.56 Å². The maximum atomic E-state index is 14.9. The van der Waals surface area contributed by atoms with Crippen LogP contribution in [0.15, 0.2) is 54.6 Å². The van der Waals surface area contributed by atoms with Gasteiger partial charge in [0, 0.05) is 10.9 Å². The second kappa shape index (κ2) is 9.67. The molecule has 0 radical (unpaired) electrons. The fraction of sp³-hybridized carbons (Fsp3) is 0.280. The molecule has 0 aliphatic heterocycles. The summed E-state index contributed by atoms with van der Waals surface area (Å²) < 4.78 is 55.3. The van der Waals surface area contributed by atoms with Crippen molar-refractivity contribution in [3.05, 3.63) is 77.1 Å². The maximum absolute atomic E-state index is 14.9. The number of hydrogen-bond donors (Lipinski definition) is 0. The van der Waals surface area contributed by atoms with Crippen LogP contribution in [0.25, 0.3) is 10.8 Å². The van der Waals surface area contributed by atoms with E-state index in [9.17, 15) is 17.6 Å². The van der Waals surface area contributed by atoms with Crippen LogP contribution < -0.4 is 4.74 Å². The van der Waals surface area contributed by atoms with Crippen LogP contribution in [0.2, 0.25) is 0 Å². The summed E-state index contributed by atoms with van der Waals surface area (Å²) in [6.07, 6.45) is 0.976. The number of rotatable bonds is 6. The lowest BCUT2D eigenvalue weighted by atomic mass is 10.00. The Labute approximate surface area is 173 Å². The lowest BCUT2D eigenvalue weighted by molar-refractivity contribution is -0.274. The van der Waals surface area contributed by atoms with Crippen LogP contribution in [0.5, 0.6) is 5.75 Å². The molecule has 3 aromatic carbocycles. The van der Waals surface area contributed by atoms with Crippen molar-refractivity contribution >= 4 is 10.8 Å². The number of alkyl halides is 3. The summed E-state index contributed by atoms with van der Waals surface area (Å²) >= 11 is 0. The molecule has 156 valence electrons. The zero-order valence-electron chi connectivity index (χ0n) is 16.7. The third kappa shape index (κ3) is 6.00. The van der Waals surface area contributed by atoms with Crippen molar-refractivity contribution in [3.63, 3.8) is 0 Å². The monoisotopic (exact) mass is 414 g/mol. The molecule has 3 aromatic rings. The molecule has 30 heavy (non-hydrogen) atoms. The molecule has 0 spiro atoms. The third-order valence-corrected chi connectivity index (χ3v) is 4.77. The van der Waals surface area contributed by atoms with Crippen LogP contribution >= 0.6 is 0 Å². The highest BCUT2D eigenvalue weighted by Crippen LogP contribution is 2.24. The van der Waals surface area contributed by atoms with E-state index in [1.54, 1.807) is 12.1 Å². The number of aryl methyl sites for hydroxylation is 1. The Bertz CT molecular complexity index is 1060. The zero-order valence-corrected chi connectivity index (χ0v) is 16.7. The summed E-state index contributed by atoms with van der Waals surface area (Å²) in [6, 6.07) is 14.4. The number of ether oxygens (including phenoxy) is 1. The van der Waals surface area contributed by atoms with Crippen LogP contribution in [-0.2, 0) is 6.42 Å². The van der Waals surface area contributed by atoms with E-state index in [-0.39, 0.29) is 11.3 Å². The molecule has 0 aromatic heterocycles. The van der Waals surface area contributed by atoms with Gasteiger partial charge in [-0.25, -0.2) is 4.39 Å². The molecule has 0 saturated carbocycles. The van der Waals surface area contributed by atoms with Crippen molar-refractivity contribution < 1.29 is 22.3 Å². The average molecular weight is 414 g/mol. The highest BCUT2D eigenvalue weighted by molar-refractivity contribution is 5.85. The van der Waals surface area contributed by atoms with Crippen molar-refractivity contribution in [1.29, 1.82) is 0 Å². The fourth-order valence-electron chi connectivity index (χ4n) is 3.23. The van der Waals surface area contributed by atoms with Gasteiger partial charge in [0.2, 0.25) is 0 Å². The van der Waals surface area contributed by atoms with E-state index < -0.39 is 12.2 Å². The molecule has 0 bridgehead atoms. The quantitative estimate of drug-likeness (QED) is 0.232. The molecule has 0 atom stereocenters. The van der Waals surface area contributed by atoms with Gasteiger partial charge < -0.3 is 4.74 Å². The summed E-state index contributed by atoms with van der Waals surface area (Å²) in [6.45, 7) is 2.18. The molecule has 0 heterocycles. The molecule has 0 aliphatic carbocycles. The normalized spacial score (nSPS) is 11.2. The van der Waals surface area contributed by atoms with Crippen molar-refractivity contribution in [2.45, 2.75) is 45.4 Å². The summed E-state index contributed by atoms with van der Waals surface area (Å²) in [5.74, 6) is 4.83. The summed E-state index contributed by atoms with van der Waals surface area (Å²) in [5.41, 5.74) is 1.90. The second-order valence-electron chi connectivity index (χ2n) is 7.12. The predicted octanol–water partition coefficient (Wildman–Crippen LogP) is 7.40. The highest BCUT2D eigenvalue weighted by Gasteiger charge is 2.30. The van der Waals surface area contributed by atoms with E-state index in [4.69, 9.17) is 0 Å². The summed E-state index contributed by atoms with van der Waals surface area (Å²) in [4.78, 5) is 0. The minimum atomic E-state index is -4.74. The minimum Gasteiger partial charge on any atom is -0.406 e. The first-order valence-electron chi connectivity index (χ1n) is 9.94. The van der Waals surface area contributed by atoms with Gasteiger partial charge in [-0.05, 0) is 54.1 Å². The average Bonchev–Trinajstić information content (AvgIpc) is 2.71. The lowest BCUT2D eigenvalue weighted by Crippen LogP contribution is -2.16. The molecule has 0 N–H and O–H groups in total. The number of benzene rings is 3. The summed E-state index contributed by atoms with van der Waals surface area (Å²) in [7, 11) is 0. The molecule has 5 heteroatoms. The van der Waals surface area contributed by atoms with Gasteiger partial charge >= 0.3 is 6.36 Å². The minimum absolute atomic E-state index is 0.244. The standard InChI is InChI=1S/C25H22F4O/c1-2-3-4-5-6-19-10-16-23-21(17-19)13-12-20(24(23)26)11-7-18-8-14-22(15-9-18)30-25(27,28)29/h8-10,12-17H,2-6H2,1H3. The maximum Gasteiger partial charge on any atom is 0.573 e. The van der Waals surface area contributed by atoms with E-state index in [2.05, 4.69) is 23.5 Å². The fourth-order valence-corrected chi connectivity index (χ4v) is 3.23. The van der Waals surface area contributed by atoms with Gasteiger partial charge in [0.1, 0.15) is 11.6 Å². The van der Waals surface area contributed by atoms with Gasteiger partial charge in [-0.1, -0.05) is 62.3 Å². The van der Waals surface area contributed by atoms with E-state index in [1.165, 1.54) is 49.1 Å². The SMILES string of the molecule is CCCCCCc1ccc2c(F)c(C#Cc3ccc(OC(F)(F)F)cc3)ccc2c1. The molecule has 3 rings (SSSR count). The first kappa shape index (κ1) is 21.7. The van der Waals surface area contributed by atoms with Crippen molar-refractivity contribution in [2.24, 2.45) is 0 Å². The topological polar surface area (TPSA) is 9.23 Å². The summed E-state index contributed by atoms with van der Waals surface area (Å²) in [5, 5.41) is 1.34. The van der Waals surface area contributed by atoms with Crippen LogP contribution in [0, 0.1) is 17.7 Å². The van der Waals surface area contributed by atoms with Gasteiger partial charge in [-0.15, -0.1) is 13.2 Å². The lowest BCUT2D eigenvalue weighted by Gasteiger charge is -2.08. The number of fused-ring (bicyclic) bond motifs is 1. The number of halogens is 4. The number of hydrogen-bond acceptors (Lipinski definition) is 1. The van der Waals surface area contributed by atoms with Crippen LogP contribution in [0.4, 0.5) is 17.6 Å². The molecule has 1 nitrogen and oxygen atoms in total. The number of unbranched alkanes of at least 4 members (excludes halogenated alkanes) is 3. The Kier molecular flexibility index (Phi) is 6.99. The highest BCUT2D eigenvalue weighted by atomic mass is 19.4. The molecule has 0 fully saturated rings. The molecule has 0 aliphatic rings. The van der Waals surface area contributed by atoms with E-state index >= 15 is 0 Å². The van der Waals surface area contributed by atoms with Gasteiger partial charge in [0.15, 0.2) is 0 Å². The largest absolute Gasteiger partial charge is 0.573 e. The Balaban J connectivity index is 1.75. The molecular formula is C25H22F4O. The van der Waals surface area contributed by atoms with Gasteiger partial charge in [0.25, 0.3) is 0 Å². The first-order valence-corrected chi connectivity index (χ1v) is 9.94. The third-order valence-electron chi connectivity index (χ3n) is 4.77. The van der Waals surface area contributed by atoms with Gasteiger partial charge in [-0.2, -0.15) is 0 Å². The molecular weight excluding hydrogens is 392 g/mol. The Morgan fingerprint density at radius 1 is 0.867 bits per heavy atom. The van der Waals surface area contributed by atoms with Crippen LogP contribution in [0.3, 0.4) is 0 Å². The van der Waals surface area contributed by atoms with Crippen molar-refractivity contribution in [3.8, 4) is 17.6 Å². The van der Waals surface area contributed by atoms with E-state index in [0.29, 0.717) is 10.9 Å². The molecule has 0 saturated heterocycles. The van der Waals surface area contributed by atoms with E-state index in [1.807, 2.05) is 18.2 Å². The van der Waals surface area contributed by atoms with Crippen LogP contribution in [-0.4, -0.2) is 6.36 Å². The van der Waals surface area contributed by atoms with Crippen molar-refractivity contribution in [2.75, 3.05) is 0 Å². The van der Waals surface area contributed by atoms with E-state index in [0.717, 1.165) is 18.2 Å². The van der Waals surface area contributed by atoms with Crippen LogP contribution in [0.1, 0.15) is 49.3 Å². The molecule has 0 unspecified atom stereocenters. The van der Waals surface area contributed by atoms with Gasteiger partial charge in [-0.3, -0.25) is 0 Å². The zero-order chi connectivity index (χ0) is 21.6. The Morgan fingerprint density at radius 3 is 2.33 bits per heavy atom. The molecule has 0 amide bonds. The van der Waals surface area contributed by atoms with Crippen molar-refractivity contribution in [1.82, 2.24) is 0 Å². The second-order valence-corrected chi connectivity index (χ2v) is 7.12.